The summed E-state index contributed by atoms with van der Waals surface area (Å²) in [6.07, 6.45) is 1.12. The van der Waals surface area contributed by atoms with Crippen LogP contribution in [-0.4, -0.2) is 88.2 Å². The van der Waals surface area contributed by atoms with Crippen LogP contribution in [0.4, 0.5) is 11.4 Å². The van der Waals surface area contributed by atoms with Crippen LogP contribution in [0, 0.1) is 10.1 Å². The molecule has 3 aromatic rings. The number of hydrogen-bond acceptors (Lipinski definition) is 12. The van der Waals surface area contributed by atoms with Gasteiger partial charge >= 0.3 is 0 Å². The summed E-state index contributed by atoms with van der Waals surface area (Å²) in [5.74, 6) is 0.936. The van der Waals surface area contributed by atoms with Crippen molar-refractivity contribution >= 4 is 27.3 Å². The van der Waals surface area contributed by atoms with Crippen LogP contribution >= 0.6 is 0 Å². The first-order valence-corrected chi connectivity index (χ1v) is 16.5. The third-order valence-corrected chi connectivity index (χ3v) is 9.53. The summed E-state index contributed by atoms with van der Waals surface area (Å²) >= 11 is 0. The Morgan fingerprint density at radius 1 is 1.04 bits per heavy atom. The van der Waals surface area contributed by atoms with Gasteiger partial charge in [-0.25, -0.2) is 8.42 Å². The molecule has 16 heteroatoms. The van der Waals surface area contributed by atoms with Crippen LogP contribution in [0.25, 0.3) is 0 Å². The summed E-state index contributed by atoms with van der Waals surface area (Å²) in [6, 6.07) is 17.3. The average Bonchev–Trinajstić information content (AvgIpc) is 3.58. The lowest BCUT2D eigenvalue weighted by Gasteiger charge is -2.30. The Bertz CT molecular complexity index is 1720. The SMILES string of the molecule is COc1ccc(S(=O)(=O)N(CCO)CCO[C@@H]2C[C@H](c3ccc4c(c3)OCO4)C=C(C(=O)NCCNc3ccc([N+](=O)[O-])cc3)O2)cc1. The molecule has 0 unspecified atom stereocenters. The number of rotatable bonds is 16. The highest BCUT2D eigenvalue weighted by atomic mass is 32.2. The summed E-state index contributed by atoms with van der Waals surface area (Å²) in [5.41, 5.74) is 1.47. The third kappa shape index (κ3) is 8.51. The number of non-ortho nitro benzene ring substituents is 1. The quantitative estimate of drug-likeness (QED) is 0.114. The fourth-order valence-electron chi connectivity index (χ4n) is 5.11. The van der Waals surface area contributed by atoms with Crippen molar-refractivity contribution in [3.05, 3.63) is 94.2 Å². The molecule has 48 heavy (non-hydrogen) atoms. The van der Waals surface area contributed by atoms with Crippen LogP contribution in [0.15, 0.2) is 83.5 Å². The largest absolute Gasteiger partial charge is 0.497 e. The van der Waals surface area contributed by atoms with Crippen molar-refractivity contribution in [2.24, 2.45) is 0 Å². The lowest BCUT2D eigenvalue weighted by atomic mass is 9.92. The fourth-order valence-corrected chi connectivity index (χ4v) is 6.53. The number of nitro groups is 1. The monoisotopic (exact) mass is 684 g/mol. The van der Waals surface area contributed by atoms with E-state index in [1.807, 2.05) is 12.1 Å². The van der Waals surface area contributed by atoms with Crippen molar-refractivity contribution < 1.29 is 46.9 Å². The molecule has 2 aliphatic rings. The van der Waals surface area contributed by atoms with Gasteiger partial charge in [0.1, 0.15) is 5.75 Å². The third-order valence-electron chi connectivity index (χ3n) is 7.61. The molecular weight excluding hydrogens is 648 g/mol. The highest BCUT2D eigenvalue weighted by Crippen LogP contribution is 2.38. The number of ether oxygens (including phenoxy) is 5. The number of sulfonamides is 1. The van der Waals surface area contributed by atoms with Gasteiger partial charge in [-0.05, 0) is 60.2 Å². The number of hydrogen-bond donors (Lipinski definition) is 3. The number of amides is 1. The molecule has 0 fully saturated rings. The van der Waals surface area contributed by atoms with E-state index in [1.165, 1.54) is 43.5 Å². The van der Waals surface area contributed by atoms with Gasteiger partial charge < -0.3 is 39.4 Å². The minimum atomic E-state index is -3.95. The standard InChI is InChI=1S/C32H36N4O11S/c1-43-26-7-9-27(10-8-26)48(41,42)35(14-16-37)15-17-44-31-20-23(22-2-11-28-29(18-22)46-21-45-28)19-30(47-31)32(38)34-13-12-33-24-3-5-25(6-4-24)36(39)40/h2-11,18-19,23,31,33,37H,12-17,20-21H2,1H3,(H,34,38)/t23-,31+/m1/s1. The summed E-state index contributed by atoms with van der Waals surface area (Å²) in [6.45, 7) is -0.0373. The van der Waals surface area contributed by atoms with Gasteiger partial charge in [-0.1, -0.05) is 6.07 Å². The first-order chi connectivity index (χ1) is 23.2. The second-order valence-corrected chi connectivity index (χ2v) is 12.6. The number of nitrogens with zero attached hydrogens (tertiary/aromatic N) is 2. The van der Waals surface area contributed by atoms with Gasteiger partial charge in [-0.2, -0.15) is 4.31 Å². The molecule has 0 saturated heterocycles. The number of aliphatic hydroxyl groups is 1. The number of nitro benzene ring substituents is 1. The second-order valence-electron chi connectivity index (χ2n) is 10.7. The Labute approximate surface area is 277 Å². The molecule has 0 radical (unpaired) electrons. The van der Waals surface area contributed by atoms with Crippen molar-refractivity contribution in [1.82, 2.24) is 9.62 Å². The maximum atomic E-state index is 13.3. The van der Waals surface area contributed by atoms with E-state index in [1.54, 1.807) is 24.3 Å². The number of aliphatic hydroxyl groups excluding tert-OH is 1. The van der Waals surface area contributed by atoms with E-state index in [0.29, 0.717) is 35.9 Å². The number of nitrogens with one attached hydrogen (secondary N) is 2. The number of fused-ring (bicyclic) bond motifs is 1. The minimum absolute atomic E-state index is 0.0241. The molecule has 3 N–H and O–H groups in total. The number of carbonyl (C=O) groups is 1. The Kier molecular flexibility index (Phi) is 11.3. The molecular formula is C32H36N4O11S. The van der Waals surface area contributed by atoms with Crippen molar-refractivity contribution in [1.29, 1.82) is 0 Å². The maximum absolute atomic E-state index is 13.3. The van der Waals surface area contributed by atoms with Crippen LogP contribution < -0.4 is 24.8 Å². The second kappa shape index (κ2) is 15.8. The van der Waals surface area contributed by atoms with Gasteiger partial charge in [-0.15, -0.1) is 0 Å². The molecule has 2 aliphatic heterocycles. The predicted octanol–water partition coefficient (Wildman–Crippen LogP) is 2.97. The topological polar surface area (TPSA) is 188 Å². The Morgan fingerprint density at radius 2 is 1.79 bits per heavy atom. The van der Waals surface area contributed by atoms with E-state index in [2.05, 4.69) is 10.6 Å². The molecule has 0 aliphatic carbocycles. The Balaban J connectivity index is 1.23. The molecule has 3 aromatic carbocycles. The fraction of sp³-hybridized carbons (Fsp3) is 0.344. The van der Waals surface area contributed by atoms with Gasteiger partial charge in [0.2, 0.25) is 23.1 Å². The summed E-state index contributed by atoms with van der Waals surface area (Å²) in [5, 5.41) is 26.3. The minimum Gasteiger partial charge on any atom is -0.497 e. The van der Waals surface area contributed by atoms with Crippen molar-refractivity contribution in [3.8, 4) is 17.2 Å². The number of anilines is 1. The van der Waals surface area contributed by atoms with Crippen LogP contribution in [0.3, 0.4) is 0 Å². The zero-order valence-corrected chi connectivity index (χ0v) is 26.9. The van der Waals surface area contributed by atoms with E-state index in [-0.39, 0.29) is 55.3 Å². The maximum Gasteiger partial charge on any atom is 0.286 e. The number of carbonyl (C=O) groups excluding carboxylic acids is 1. The molecule has 0 aromatic heterocycles. The van der Waals surface area contributed by atoms with E-state index >= 15 is 0 Å². The van der Waals surface area contributed by atoms with E-state index in [0.717, 1.165) is 9.87 Å². The molecule has 5 rings (SSSR count). The van der Waals surface area contributed by atoms with Gasteiger partial charge in [0.05, 0.1) is 30.1 Å². The predicted molar refractivity (Wildman–Crippen MR) is 172 cm³/mol. The molecule has 1 amide bonds. The lowest BCUT2D eigenvalue weighted by Crippen LogP contribution is -2.38. The number of allylic oxidation sites excluding steroid dienone is 1. The molecule has 256 valence electrons. The molecule has 2 atom stereocenters. The van der Waals surface area contributed by atoms with E-state index < -0.39 is 33.8 Å². The van der Waals surface area contributed by atoms with Crippen molar-refractivity contribution in [2.75, 3.05) is 58.6 Å². The van der Waals surface area contributed by atoms with Crippen molar-refractivity contribution in [2.45, 2.75) is 23.5 Å². The summed E-state index contributed by atoms with van der Waals surface area (Å²) < 4.78 is 55.7. The lowest BCUT2D eigenvalue weighted by molar-refractivity contribution is -0.384. The van der Waals surface area contributed by atoms with Gasteiger partial charge in [0, 0.05) is 56.3 Å². The summed E-state index contributed by atoms with van der Waals surface area (Å²) in [4.78, 5) is 23.6. The van der Waals surface area contributed by atoms with Crippen LogP contribution in [-0.2, 0) is 24.3 Å². The first-order valence-electron chi connectivity index (χ1n) is 15.1. The smallest absolute Gasteiger partial charge is 0.286 e. The molecule has 0 spiro atoms. The Morgan fingerprint density at radius 3 is 2.50 bits per heavy atom. The Hall–Kier alpha value is -4.90. The van der Waals surface area contributed by atoms with Crippen LogP contribution in [0.5, 0.6) is 17.2 Å². The van der Waals surface area contributed by atoms with Gasteiger partial charge in [0.25, 0.3) is 11.6 Å². The van der Waals surface area contributed by atoms with Crippen LogP contribution in [0.2, 0.25) is 0 Å². The van der Waals surface area contributed by atoms with Crippen LogP contribution in [0.1, 0.15) is 17.9 Å². The van der Waals surface area contributed by atoms with Gasteiger partial charge in [0.15, 0.2) is 17.3 Å². The summed E-state index contributed by atoms with van der Waals surface area (Å²) in [7, 11) is -2.47. The zero-order chi connectivity index (χ0) is 34.1. The molecule has 15 nitrogen and oxygen atoms in total. The first kappa shape index (κ1) is 34.4. The number of benzene rings is 3. The van der Waals surface area contributed by atoms with E-state index in [4.69, 9.17) is 23.7 Å². The normalized spacial score (nSPS) is 16.9. The molecule has 2 heterocycles. The highest BCUT2D eigenvalue weighted by molar-refractivity contribution is 7.89. The van der Waals surface area contributed by atoms with E-state index in [9.17, 15) is 28.4 Å². The average molecular weight is 685 g/mol. The zero-order valence-electron chi connectivity index (χ0n) is 26.1. The molecule has 0 bridgehead atoms. The highest BCUT2D eigenvalue weighted by Gasteiger charge is 2.31. The molecule has 0 saturated carbocycles. The number of methoxy groups -OCH3 is 1. The van der Waals surface area contributed by atoms with Crippen molar-refractivity contribution in [3.63, 3.8) is 0 Å². The van der Waals surface area contributed by atoms with Gasteiger partial charge in [-0.3, -0.25) is 14.9 Å².